The molecule has 3 N–H and O–H groups in total. The van der Waals surface area contributed by atoms with E-state index in [9.17, 15) is 9.35 Å². The Morgan fingerprint density at radius 1 is 1.43 bits per heavy atom. The molecule has 0 radical (unpaired) electrons. The monoisotopic (exact) mass is 341 g/mol. The number of nitrogens with two attached hydrogens (primary N) is 1. The highest BCUT2D eigenvalue weighted by Gasteiger charge is 2.16. The van der Waals surface area contributed by atoms with Crippen molar-refractivity contribution < 1.29 is 14.1 Å². The Labute approximate surface area is 141 Å². The van der Waals surface area contributed by atoms with Crippen LogP contribution in [0.2, 0.25) is 0 Å². The topological polar surface area (TPSA) is 90.7 Å². The number of hydrogen-bond donors (Lipinski definition) is 2. The molecule has 23 heavy (non-hydrogen) atoms. The van der Waals surface area contributed by atoms with E-state index in [-0.39, 0.29) is 0 Å². The molecule has 130 valence electrons. The number of rotatable bonds is 6. The number of hydrogen-bond acceptors (Lipinski definition) is 5. The van der Waals surface area contributed by atoms with Crippen LogP contribution in [0, 0.1) is 0 Å². The Morgan fingerprint density at radius 2 is 2.09 bits per heavy atom. The zero-order chi connectivity index (χ0) is 17.6. The van der Waals surface area contributed by atoms with Gasteiger partial charge in [-0.05, 0) is 39.0 Å². The van der Waals surface area contributed by atoms with Crippen molar-refractivity contribution in [1.29, 1.82) is 0 Å². The van der Waals surface area contributed by atoms with Crippen molar-refractivity contribution in [3.63, 3.8) is 0 Å². The molecule has 0 fully saturated rings. The summed E-state index contributed by atoms with van der Waals surface area (Å²) in [5.74, 6) is 0.449. The van der Waals surface area contributed by atoms with Gasteiger partial charge in [0.05, 0.1) is 6.26 Å². The maximum atomic E-state index is 11.6. The number of nitrogen functional groups attached to an aromatic ring is 1. The molecule has 1 atom stereocenters. The molecule has 0 aromatic heterocycles. The lowest BCUT2D eigenvalue weighted by Crippen LogP contribution is -2.37. The van der Waals surface area contributed by atoms with E-state index in [0.717, 1.165) is 11.3 Å². The van der Waals surface area contributed by atoms with Crippen LogP contribution in [0.1, 0.15) is 26.3 Å². The maximum Gasteiger partial charge on any atom is 0.407 e. The molecule has 0 aliphatic rings. The second-order valence-electron chi connectivity index (χ2n) is 6.46. The third-order valence-corrected chi connectivity index (χ3v) is 3.71. The Morgan fingerprint density at radius 3 is 2.65 bits per heavy atom. The molecule has 6 nitrogen and oxygen atoms in total. The predicted octanol–water partition coefficient (Wildman–Crippen LogP) is 2.11. The SMILES string of the molecule is CN(CCNC(=O)OC(C)(C)C)c1ccc(N)cc1C[S+](C)[O-]. The first-order valence-electron chi connectivity index (χ1n) is 7.45. The highest BCUT2D eigenvalue weighted by atomic mass is 32.2. The molecule has 0 spiro atoms. The fourth-order valence-corrected chi connectivity index (χ4v) is 2.74. The lowest BCUT2D eigenvalue weighted by molar-refractivity contribution is 0.0529. The van der Waals surface area contributed by atoms with Crippen molar-refractivity contribution >= 4 is 28.6 Å². The maximum absolute atomic E-state index is 11.6. The van der Waals surface area contributed by atoms with E-state index in [0.29, 0.717) is 24.5 Å². The first kappa shape index (κ1) is 19.4. The van der Waals surface area contributed by atoms with Gasteiger partial charge in [-0.25, -0.2) is 4.79 Å². The van der Waals surface area contributed by atoms with Gasteiger partial charge in [-0.1, -0.05) is 11.2 Å². The van der Waals surface area contributed by atoms with E-state index in [1.54, 1.807) is 6.26 Å². The third-order valence-electron chi connectivity index (χ3n) is 2.99. The zero-order valence-electron chi connectivity index (χ0n) is 14.5. The van der Waals surface area contributed by atoms with Crippen LogP contribution in [-0.4, -0.2) is 42.6 Å². The van der Waals surface area contributed by atoms with Crippen molar-refractivity contribution in [1.82, 2.24) is 5.32 Å². The molecule has 0 saturated carbocycles. The van der Waals surface area contributed by atoms with Gasteiger partial charge in [0.2, 0.25) is 0 Å². The van der Waals surface area contributed by atoms with Gasteiger partial charge in [0.15, 0.2) is 0 Å². The van der Waals surface area contributed by atoms with Crippen LogP contribution in [0.4, 0.5) is 16.2 Å². The van der Waals surface area contributed by atoms with Gasteiger partial charge in [-0.15, -0.1) is 0 Å². The minimum Gasteiger partial charge on any atom is -0.616 e. The molecule has 1 amide bonds. The number of likely N-dealkylation sites (N-methyl/N-ethyl adjacent to an activating group) is 1. The summed E-state index contributed by atoms with van der Waals surface area (Å²) < 4.78 is 16.7. The highest BCUT2D eigenvalue weighted by molar-refractivity contribution is 7.89. The second-order valence-corrected chi connectivity index (χ2v) is 7.89. The fourth-order valence-electron chi connectivity index (χ4n) is 2.07. The van der Waals surface area contributed by atoms with E-state index in [4.69, 9.17) is 10.5 Å². The molecule has 1 rings (SSSR count). The number of benzene rings is 1. The van der Waals surface area contributed by atoms with Crippen molar-refractivity contribution in [3.05, 3.63) is 23.8 Å². The van der Waals surface area contributed by atoms with E-state index >= 15 is 0 Å². The summed E-state index contributed by atoms with van der Waals surface area (Å²) in [5.41, 5.74) is 7.84. The number of alkyl carbamates (subject to hydrolysis) is 1. The molecular formula is C16H27N3O3S. The number of nitrogens with zero attached hydrogens (tertiary/aromatic N) is 1. The Kier molecular flexibility index (Phi) is 7.02. The third kappa shape index (κ3) is 7.47. The lowest BCUT2D eigenvalue weighted by Gasteiger charge is -2.24. The van der Waals surface area contributed by atoms with Crippen LogP contribution in [-0.2, 0) is 21.7 Å². The van der Waals surface area contributed by atoms with E-state index < -0.39 is 22.9 Å². The molecule has 1 unspecified atom stereocenters. The molecule has 0 aliphatic heterocycles. The van der Waals surface area contributed by atoms with Crippen LogP contribution in [0.3, 0.4) is 0 Å². The molecule has 7 heteroatoms. The van der Waals surface area contributed by atoms with Crippen molar-refractivity contribution in [2.45, 2.75) is 32.1 Å². The van der Waals surface area contributed by atoms with Crippen LogP contribution >= 0.6 is 0 Å². The molecule has 0 aliphatic carbocycles. The number of carbonyl (C=O) groups is 1. The highest BCUT2D eigenvalue weighted by Crippen LogP contribution is 2.24. The van der Waals surface area contributed by atoms with E-state index in [2.05, 4.69) is 5.32 Å². The number of amides is 1. The van der Waals surface area contributed by atoms with Crippen molar-refractivity contribution in [2.24, 2.45) is 0 Å². The van der Waals surface area contributed by atoms with Crippen LogP contribution in [0.15, 0.2) is 18.2 Å². The van der Waals surface area contributed by atoms with Gasteiger partial charge in [0.25, 0.3) is 0 Å². The summed E-state index contributed by atoms with van der Waals surface area (Å²) in [6, 6.07) is 5.56. The summed E-state index contributed by atoms with van der Waals surface area (Å²) in [4.78, 5) is 13.6. The molecule has 1 aromatic carbocycles. The van der Waals surface area contributed by atoms with Gasteiger partial charge < -0.3 is 25.2 Å². The van der Waals surface area contributed by atoms with Gasteiger partial charge in [-0.3, -0.25) is 0 Å². The summed E-state index contributed by atoms with van der Waals surface area (Å²) in [6.45, 7) is 6.52. The largest absolute Gasteiger partial charge is 0.616 e. The van der Waals surface area contributed by atoms with Crippen LogP contribution < -0.4 is 16.0 Å². The molecule has 0 bridgehead atoms. The Balaban J connectivity index is 2.61. The van der Waals surface area contributed by atoms with Crippen molar-refractivity contribution in [2.75, 3.05) is 37.0 Å². The molecule has 0 saturated heterocycles. The number of carbonyl (C=O) groups excluding carboxylic acids is 1. The number of nitrogens with one attached hydrogen (secondary N) is 1. The lowest BCUT2D eigenvalue weighted by atomic mass is 10.1. The van der Waals surface area contributed by atoms with Gasteiger partial charge in [0.1, 0.15) is 11.4 Å². The first-order chi connectivity index (χ1) is 10.6. The van der Waals surface area contributed by atoms with Crippen LogP contribution in [0.25, 0.3) is 0 Å². The minimum absolute atomic E-state index is 0.432. The number of anilines is 2. The molecule has 1 aromatic rings. The average molecular weight is 341 g/mol. The summed E-state index contributed by atoms with van der Waals surface area (Å²) >= 11 is -0.948. The average Bonchev–Trinajstić information content (AvgIpc) is 2.35. The van der Waals surface area contributed by atoms with Crippen molar-refractivity contribution in [3.8, 4) is 0 Å². The Bertz CT molecular complexity index is 530. The van der Waals surface area contributed by atoms with Gasteiger partial charge in [0, 0.05) is 37.1 Å². The normalized spacial score (nSPS) is 12.6. The first-order valence-corrected chi connectivity index (χ1v) is 9.17. The minimum atomic E-state index is -0.948. The fraction of sp³-hybridized carbons (Fsp3) is 0.562. The van der Waals surface area contributed by atoms with E-state index in [1.807, 2.05) is 50.9 Å². The smallest absolute Gasteiger partial charge is 0.407 e. The Hall–Kier alpha value is -1.60. The van der Waals surface area contributed by atoms with Crippen LogP contribution in [0.5, 0.6) is 0 Å². The quantitative estimate of drug-likeness (QED) is 0.611. The van der Waals surface area contributed by atoms with Gasteiger partial charge >= 0.3 is 6.09 Å². The predicted molar refractivity (Wildman–Crippen MR) is 96.1 cm³/mol. The molecular weight excluding hydrogens is 314 g/mol. The summed E-state index contributed by atoms with van der Waals surface area (Å²) in [5, 5.41) is 2.72. The zero-order valence-corrected chi connectivity index (χ0v) is 15.3. The standard InChI is InChI=1S/C16H27N3O3S/c1-16(2,3)22-15(20)18-8-9-19(4)14-7-6-13(17)10-12(14)11-23(5)21/h6-7,10H,8-9,11,17H2,1-5H3,(H,18,20). The second kappa shape index (κ2) is 8.31. The van der Waals surface area contributed by atoms with E-state index in [1.165, 1.54) is 0 Å². The number of ether oxygens (including phenoxy) is 1. The van der Waals surface area contributed by atoms with Gasteiger partial charge in [-0.2, -0.15) is 0 Å². The summed E-state index contributed by atoms with van der Waals surface area (Å²) in [6.07, 6.45) is 1.23. The molecule has 0 heterocycles. The summed E-state index contributed by atoms with van der Waals surface area (Å²) in [7, 11) is 1.92.